The van der Waals surface area contributed by atoms with Crippen molar-refractivity contribution >= 4 is 23.6 Å². The van der Waals surface area contributed by atoms with Crippen LogP contribution in [0.2, 0.25) is 0 Å². The number of likely N-dealkylation sites (tertiary alicyclic amines) is 2. The van der Waals surface area contributed by atoms with E-state index in [1.807, 2.05) is 34.1 Å². The lowest BCUT2D eigenvalue weighted by atomic mass is 10.0. The number of thioether (sulfide) groups is 1. The van der Waals surface area contributed by atoms with Crippen molar-refractivity contribution in [2.75, 3.05) is 45.0 Å². The summed E-state index contributed by atoms with van der Waals surface area (Å²) in [6, 6.07) is 7.73. The van der Waals surface area contributed by atoms with Gasteiger partial charge in [0.05, 0.1) is 11.3 Å². The topological polar surface area (TPSA) is 52.7 Å². The Labute approximate surface area is 153 Å². The predicted molar refractivity (Wildman–Crippen MR) is 98.7 cm³/mol. The van der Waals surface area contributed by atoms with Crippen LogP contribution >= 0.6 is 11.8 Å². The van der Waals surface area contributed by atoms with Crippen LogP contribution in [0.5, 0.6) is 0 Å². The average Bonchev–Trinajstić information content (AvgIpc) is 3.35. The van der Waals surface area contributed by atoms with Crippen LogP contribution in [-0.4, -0.2) is 66.6 Å². The van der Waals surface area contributed by atoms with Gasteiger partial charge in [0.25, 0.3) is 5.91 Å². The molecule has 0 aliphatic carbocycles. The van der Waals surface area contributed by atoms with Gasteiger partial charge in [0, 0.05) is 44.2 Å². The summed E-state index contributed by atoms with van der Waals surface area (Å²) >= 11 is 1.50. The van der Waals surface area contributed by atoms with Gasteiger partial charge in [0.15, 0.2) is 0 Å². The molecule has 3 aliphatic heterocycles. The third-order valence-electron chi connectivity index (χ3n) is 5.60. The van der Waals surface area contributed by atoms with Crippen molar-refractivity contribution in [3.05, 3.63) is 29.8 Å². The molecule has 0 radical (unpaired) electrons. The number of rotatable bonds is 4. The molecule has 0 spiro atoms. The van der Waals surface area contributed by atoms with Crippen molar-refractivity contribution in [2.24, 2.45) is 11.8 Å². The molecule has 5 nitrogen and oxygen atoms in total. The highest BCUT2D eigenvalue weighted by atomic mass is 32.2. The van der Waals surface area contributed by atoms with E-state index in [1.165, 1.54) is 11.8 Å². The summed E-state index contributed by atoms with van der Waals surface area (Å²) in [5.74, 6) is 1.91. The normalized spacial score (nSPS) is 25.4. The molecule has 134 valence electrons. The average molecular weight is 359 g/mol. The number of carbonyl (C=O) groups is 2. The molecule has 0 bridgehead atoms. The van der Waals surface area contributed by atoms with Gasteiger partial charge in [0.1, 0.15) is 0 Å². The molecular formula is C19H25N3O2S. The fourth-order valence-electron chi connectivity index (χ4n) is 4.16. The molecule has 3 saturated heterocycles. The maximum Gasteiger partial charge on any atom is 0.255 e. The zero-order valence-corrected chi connectivity index (χ0v) is 15.3. The van der Waals surface area contributed by atoms with Crippen LogP contribution in [-0.2, 0) is 4.79 Å². The molecule has 3 aliphatic rings. The van der Waals surface area contributed by atoms with Crippen LogP contribution in [0, 0.1) is 11.8 Å². The van der Waals surface area contributed by atoms with E-state index in [-0.39, 0.29) is 11.8 Å². The molecule has 1 N–H and O–H groups in total. The molecule has 2 atom stereocenters. The highest BCUT2D eigenvalue weighted by Crippen LogP contribution is 2.30. The predicted octanol–water partition coefficient (Wildman–Crippen LogP) is 1.69. The lowest BCUT2D eigenvalue weighted by Gasteiger charge is -2.20. The van der Waals surface area contributed by atoms with Crippen molar-refractivity contribution in [1.29, 1.82) is 0 Å². The second kappa shape index (κ2) is 7.38. The molecule has 6 heteroatoms. The molecule has 0 aromatic heterocycles. The maximum absolute atomic E-state index is 13.0. The van der Waals surface area contributed by atoms with E-state index in [1.54, 1.807) is 0 Å². The lowest BCUT2D eigenvalue weighted by Crippen LogP contribution is -2.32. The third kappa shape index (κ3) is 3.55. The van der Waals surface area contributed by atoms with Gasteiger partial charge in [-0.15, -0.1) is 11.8 Å². The van der Waals surface area contributed by atoms with Crippen molar-refractivity contribution in [3.8, 4) is 0 Å². The minimum absolute atomic E-state index is 0.117. The fraction of sp³-hybridized carbons (Fsp3) is 0.579. The Morgan fingerprint density at radius 3 is 2.44 bits per heavy atom. The van der Waals surface area contributed by atoms with Crippen molar-refractivity contribution in [1.82, 2.24) is 15.1 Å². The summed E-state index contributed by atoms with van der Waals surface area (Å²) in [6.07, 6.45) is 2.22. The SMILES string of the molecule is O=C(CSc1ccccc1C(=O)N1C[C@H]2CNC[C@H]2C1)N1CCCC1. The number of nitrogens with one attached hydrogen (secondary N) is 1. The first-order valence-corrected chi connectivity index (χ1v) is 10.2. The fourth-order valence-corrected chi connectivity index (χ4v) is 5.11. The van der Waals surface area contributed by atoms with Gasteiger partial charge < -0.3 is 15.1 Å². The number of carbonyl (C=O) groups excluding carboxylic acids is 2. The highest BCUT2D eigenvalue weighted by Gasteiger charge is 2.38. The summed E-state index contributed by atoms with van der Waals surface area (Å²) in [6.45, 7) is 5.50. The molecular weight excluding hydrogens is 334 g/mol. The van der Waals surface area contributed by atoms with E-state index in [4.69, 9.17) is 0 Å². The monoisotopic (exact) mass is 359 g/mol. The van der Waals surface area contributed by atoms with Crippen molar-refractivity contribution in [3.63, 3.8) is 0 Å². The summed E-state index contributed by atoms with van der Waals surface area (Å²) < 4.78 is 0. The van der Waals surface area contributed by atoms with E-state index in [2.05, 4.69) is 5.32 Å². The maximum atomic E-state index is 13.0. The van der Waals surface area contributed by atoms with Crippen LogP contribution < -0.4 is 5.32 Å². The van der Waals surface area contributed by atoms with Crippen LogP contribution in [0.1, 0.15) is 23.2 Å². The summed E-state index contributed by atoms with van der Waals surface area (Å²) in [4.78, 5) is 30.1. The van der Waals surface area contributed by atoms with E-state index < -0.39 is 0 Å². The van der Waals surface area contributed by atoms with Gasteiger partial charge in [-0.2, -0.15) is 0 Å². The minimum atomic E-state index is 0.117. The molecule has 25 heavy (non-hydrogen) atoms. The van der Waals surface area contributed by atoms with E-state index in [9.17, 15) is 9.59 Å². The Morgan fingerprint density at radius 2 is 1.72 bits per heavy atom. The largest absolute Gasteiger partial charge is 0.342 e. The number of hydrogen-bond acceptors (Lipinski definition) is 4. The highest BCUT2D eigenvalue weighted by molar-refractivity contribution is 8.00. The van der Waals surface area contributed by atoms with Gasteiger partial charge in [-0.3, -0.25) is 9.59 Å². The summed E-state index contributed by atoms with van der Waals surface area (Å²) in [7, 11) is 0. The van der Waals surface area contributed by atoms with Crippen LogP contribution in [0.3, 0.4) is 0 Å². The molecule has 2 amide bonds. The molecule has 3 fully saturated rings. The summed E-state index contributed by atoms with van der Waals surface area (Å²) in [5, 5.41) is 3.41. The van der Waals surface area contributed by atoms with Crippen LogP contribution in [0.4, 0.5) is 0 Å². The van der Waals surface area contributed by atoms with Gasteiger partial charge in [-0.1, -0.05) is 12.1 Å². The molecule has 0 saturated carbocycles. The first-order chi connectivity index (χ1) is 12.2. The Kier molecular flexibility index (Phi) is 4.99. The van der Waals surface area contributed by atoms with Crippen LogP contribution in [0.15, 0.2) is 29.2 Å². The molecule has 1 aromatic rings. The first kappa shape index (κ1) is 16.9. The van der Waals surface area contributed by atoms with Crippen molar-refractivity contribution < 1.29 is 9.59 Å². The van der Waals surface area contributed by atoms with Crippen molar-refractivity contribution in [2.45, 2.75) is 17.7 Å². The van der Waals surface area contributed by atoms with Crippen LogP contribution in [0.25, 0.3) is 0 Å². The Morgan fingerprint density at radius 1 is 1.04 bits per heavy atom. The molecule has 4 rings (SSSR count). The van der Waals surface area contributed by atoms with E-state index in [0.717, 1.165) is 62.6 Å². The number of hydrogen-bond donors (Lipinski definition) is 1. The van der Waals surface area contributed by atoms with Gasteiger partial charge in [-0.25, -0.2) is 0 Å². The Bertz CT molecular complexity index is 648. The van der Waals surface area contributed by atoms with E-state index >= 15 is 0 Å². The second-order valence-corrected chi connectivity index (χ2v) is 8.28. The summed E-state index contributed by atoms with van der Waals surface area (Å²) in [5.41, 5.74) is 0.745. The number of amides is 2. The lowest BCUT2D eigenvalue weighted by molar-refractivity contribution is -0.127. The quantitative estimate of drug-likeness (QED) is 0.832. The number of nitrogens with zero attached hydrogens (tertiary/aromatic N) is 2. The Balaban J connectivity index is 1.41. The minimum Gasteiger partial charge on any atom is -0.342 e. The zero-order chi connectivity index (χ0) is 17.2. The third-order valence-corrected chi connectivity index (χ3v) is 6.66. The first-order valence-electron chi connectivity index (χ1n) is 9.22. The number of benzene rings is 1. The second-order valence-electron chi connectivity index (χ2n) is 7.26. The van der Waals surface area contributed by atoms with E-state index in [0.29, 0.717) is 17.6 Å². The standard InChI is InChI=1S/C19H25N3O2S/c23-18(21-7-3-4-8-21)13-25-17-6-2-1-5-16(17)19(24)22-11-14-9-20-10-15(14)12-22/h1-2,5-6,14-15,20H,3-4,7-13H2/t14-,15+. The Hall–Kier alpha value is -1.53. The zero-order valence-electron chi connectivity index (χ0n) is 14.4. The van der Waals surface area contributed by atoms with Gasteiger partial charge in [-0.05, 0) is 36.8 Å². The smallest absolute Gasteiger partial charge is 0.255 e. The van der Waals surface area contributed by atoms with Gasteiger partial charge in [0.2, 0.25) is 5.91 Å². The number of fused-ring (bicyclic) bond motifs is 1. The van der Waals surface area contributed by atoms with Gasteiger partial charge >= 0.3 is 0 Å². The molecule has 3 heterocycles. The molecule has 1 aromatic carbocycles. The molecule has 0 unspecified atom stereocenters.